The van der Waals surface area contributed by atoms with E-state index in [9.17, 15) is 4.79 Å². The van der Waals surface area contributed by atoms with Crippen LogP contribution < -0.4 is 5.69 Å². The fourth-order valence-corrected chi connectivity index (χ4v) is 4.15. The lowest BCUT2D eigenvalue weighted by Crippen LogP contribution is -2.28. The third-order valence-corrected chi connectivity index (χ3v) is 6.32. The number of aromatic nitrogens is 6. The van der Waals surface area contributed by atoms with E-state index in [0.29, 0.717) is 36.8 Å². The van der Waals surface area contributed by atoms with Gasteiger partial charge in [0.15, 0.2) is 0 Å². The number of nitrogens with one attached hydrogen (secondary N) is 1. The summed E-state index contributed by atoms with van der Waals surface area (Å²) >= 11 is 0. The Morgan fingerprint density at radius 3 is 2.35 bits per heavy atom. The maximum absolute atomic E-state index is 15.3. The van der Waals surface area contributed by atoms with Crippen molar-refractivity contribution in [2.24, 2.45) is 5.92 Å². The summed E-state index contributed by atoms with van der Waals surface area (Å²) in [5.74, 6) is 0.557. The van der Waals surface area contributed by atoms with Crippen LogP contribution in [0, 0.1) is 11.9 Å². The molecule has 1 atom stereocenters. The van der Waals surface area contributed by atoms with Gasteiger partial charge in [0.25, 0.3) is 0 Å². The van der Waals surface area contributed by atoms with Gasteiger partial charge in [0, 0.05) is 11.6 Å². The van der Waals surface area contributed by atoms with E-state index in [1.165, 1.54) is 4.57 Å². The van der Waals surface area contributed by atoms with E-state index in [1.54, 1.807) is 4.57 Å². The van der Waals surface area contributed by atoms with Gasteiger partial charge in [0.2, 0.25) is 11.8 Å². The molecule has 0 fully saturated rings. The second-order valence-corrected chi connectivity index (χ2v) is 9.14. The SMILES string of the molecule is CCC(C)n1c(F)c(CCC(C)C)n(Cc2ccc(-c3ccccc3-c3nn[nH]n3)cc2)c1=O. The molecule has 1 N–H and O–H groups in total. The Hall–Kier alpha value is -3.55. The number of benzene rings is 2. The summed E-state index contributed by atoms with van der Waals surface area (Å²) in [6, 6.07) is 15.7. The van der Waals surface area contributed by atoms with Crippen molar-refractivity contribution in [2.45, 2.75) is 59.5 Å². The summed E-state index contributed by atoms with van der Waals surface area (Å²) in [4.78, 5) is 13.2. The maximum atomic E-state index is 15.3. The van der Waals surface area contributed by atoms with Crippen molar-refractivity contribution in [3.8, 4) is 22.5 Å². The van der Waals surface area contributed by atoms with Gasteiger partial charge in [-0.15, -0.1) is 10.2 Å². The van der Waals surface area contributed by atoms with Gasteiger partial charge in [-0.1, -0.05) is 69.3 Å². The topological polar surface area (TPSA) is 81.4 Å². The highest BCUT2D eigenvalue weighted by Crippen LogP contribution is 2.30. The van der Waals surface area contributed by atoms with Crippen LogP contribution in [0.5, 0.6) is 0 Å². The van der Waals surface area contributed by atoms with Gasteiger partial charge >= 0.3 is 5.69 Å². The molecule has 0 aliphatic carbocycles. The lowest BCUT2D eigenvalue weighted by molar-refractivity contribution is 0.411. The number of hydrogen-bond acceptors (Lipinski definition) is 4. The molecule has 34 heavy (non-hydrogen) atoms. The minimum absolute atomic E-state index is 0.185. The predicted octanol–water partition coefficient (Wildman–Crippen LogP) is 5.24. The highest BCUT2D eigenvalue weighted by molar-refractivity contribution is 5.80. The zero-order valence-electron chi connectivity index (χ0n) is 20.1. The first-order chi connectivity index (χ1) is 16.4. The molecule has 0 saturated heterocycles. The minimum atomic E-state index is -0.398. The first-order valence-electron chi connectivity index (χ1n) is 11.8. The Morgan fingerprint density at radius 1 is 1.03 bits per heavy atom. The van der Waals surface area contributed by atoms with E-state index < -0.39 is 5.95 Å². The Kier molecular flexibility index (Phi) is 7.05. The van der Waals surface area contributed by atoms with Crippen LogP contribution in [0.1, 0.15) is 57.8 Å². The molecule has 0 aliphatic heterocycles. The zero-order chi connectivity index (χ0) is 24.2. The molecule has 0 saturated carbocycles. The average molecular weight is 463 g/mol. The van der Waals surface area contributed by atoms with E-state index in [0.717, 1.165) is 28.7 Å². The van der Waals surface area contributed by atoms with Crippen LogP contribution in [-0.2, 0) is 13.0 Å². The Morgan fingerprint density at radius 2 is 1.74 bits per heavy atom. The molecule has 2 aromatic carbocycles. The van der Waals surface area contributed by atoms with E-state index in [4.69, 9.17) is 0 Å². The van der Waals surface area contributed by atoms with Crippen molar-refractivity contribution in [2.75, 3.05) is 0 Å². The molecule has 4 aromatic rings. The number of hydrogen-bond donors (Lipinski definition) is 1. The molecule has 0 spiro atoms. The number of imidazole rings is 1. The summed E-state index contributed by atoms with van der Waals surface area (Å²) in [5.41, 5.74) is 4.01. The smallest absolute Gasteiger partial charge is 0.289 e. The van der Waals surface area contributed by atoms with Gasteiger partial charge in [-0.25, -0.2) is 4.79 Å². The number of halogens is 1. The van der Waals surface area contributed by atoms with E-state index >= 15 is 4.39 Å². The van der Waals surface area contributed by atoms with Crippen LogP contribution >= 0.6 is 0 Å². The maximum Gasteiger partial charge on any atom is 0.331 e. The van der Waals surface area contributed by atoms with E-state index in [-0.39, 0.29) is 11.7 Å². The van der Waals surface area contributed by atoms with Crippen LogP contribution in [0.3, 0.4) is 0 Å². The normalized spacial score (nSPS) is 12.4. The fourth-order valence-electron chi connectivity index (χ4n) is 4.15. The monoisotopic (exact) mass is 462 g/mol. The Bertz CT molecular complexity index is 1290. The van der Waals surface area contributed by atoms with Crippen molar-refractivity contribution >= 4 is 0 Å². The Balaban J connectivity index is 1.67. The predicted molar refractivity (Wildman–Crippen MR) is 131 cm³/mol. The van der Waals surface area contributed by atoms with Crippen molar-refractivity contribution < 1.29 is 4.39 Å². The second kappa shape index (κ2) is 10.2. The van der Waals surface area contributed by atoms with Crippen LogP contribution in [-0.4, -0.2) is 29.8 Å². The third-order valence-electron chi connectivity index (χ3n) is 6.32. The van der Waals surface area contributed by atoms with E-state index in [1.807, 2.05) is 62.4 Å². The molecule has 0 bridgehead atoms. The lowest BCUT2D eigenvalue weighted by atomic mass is 9.98. The summed E-state index contributed by atoms with van der Waals surface area (Å²) in [6.07, 6.45) is 2.06. The summed E-state index contributed by atoms with van der Waals surface area (Å²) in [5, 5.41) is 14.4. The van der Waals surface area contributed by atoms with Gasteiger partial charge in [-0.2, -0.15) is 9.60 Å². The molecule has 0 radical (unpaired) electrons. The number of tetrazole rings is 1. The van der Waals surface area contributed by atoms with Crippen LogP contribution in [0.4, 0.5) is 4.39 Å². The molecule has 178 valence electrons. The van der Waals surface area contributed by atoms with Crippen molar-refractivity contribution in [3.63, 3.8) is 0 Å². The van der Waals surface area contributed by atoms with Gasteiger partial charge in [0.05, 0.1) is 12.2 Å². The first kappa shape index (κ1) is 23.6. The standard InChI is InChI=1S/C26H31FN6O/c1-5-18(4)33-24(27)23(15-10-17(2)3)32(26(33)34)16-19-11-13-20(14-12-19)21-8-6-7-9-22(21)25-28-30-31-29-25/h6-9,11-14,17-18H,5,10,15-16H2,1-4H3,(H,28,29,30,31). The average Bonchev–Trinajstić information content (AvgIpc) is 3.45. The molecule has 4 rings (SSSR count). The van der Waals surface area contributed by atoms with Crippen molar-refractivity contribution in [1.82, 2.24) is 29.8 Å². The molecule has 2 heterocycles. The van der Waals surface area contributed by atoms with Gasteiger partial charge in [-0.05, 0) is 54.0 Å². The van der Waals surface area contributed by atoms with Gasteiger partial charge in [0.1, 0.15) is 0 Å². The van der Waals surface area contributed by atoms with E-state index in [2.05, 4.69) is 34.5 Å². The molecular weight excluding hydrogens is 431 g/mol. The molecule has 0 amide bonds. The van der Waals surface area contributed by atoms with Crippen molar-refractivity contribution in [3.05, 3.63) is 76.2 Å². The third kappa shape index (κ3) is 4.71. The molecule has 0 aliphatic rings. The van der Waals surface area contributed by atoms with Crippen LogP contribution in [0.25, 0.3) is 22.5 Å². The minimum Gasteiger partial charge on any atom is -0.289 e. The molecule has 2 aromatic heterocycles. The number of aromatic amines is 1. The summed E-state index contributed by atoms with van der Waals surface area (Å²) < 4.78 is 18.2. The number of rotatable bonds is 9. The van der Waals surface area contributed by atoms with Gasteiger partial charge in [-0.3, -0.25) is 9.13 Å². The quantitative estimate of drug-likeness (QED) is 0.369. The fraction of sp³-hybridized carbons (Fsp3) is 0.385. The molecule has 1 unspecified atom stereocenters. The second-order valence-electron chi connectivity index (χ2n) is 9.14. The van der Waals surface area contributed by atoms with Gasteiger partial charge < -0.3 is 0 Å². The number of H-pyrrole nitrogens is 1. The molecule has 7 nitrogen and oxygen atoms in total. The zero-order valence-corrected chi connectivity index (χ0v) is 20.1. The highest BCUT2D eigenvalue weighted by atomic mass is 19.1. The lowest BCUT2D eigenvalue weighted by Gasteiger charge is -2.11. The van der Waals surface area contributed by atoms with Crippen LogP contribution in [0.2, 0.25) is 0 Å². The number of nitrogens with zero attached hydrogens (tertiary/aromatic N) is 5. The first-order valence-corrected chi connectivity index (χ1v) is 11.8. The van der Waals surface area contributed by atoms with Crippen molar-refractivity contribution in [1.29, 1.82) is 0 Å². The molecular formula is C26H31FN6O. The largest absolute Gasteiger partial charge is 0.331 e. The molecule has 8 heteroatoms. The summed E-state index contributed by atoms with van der Waals surface area (Å²) in [6.45, 7) is 8.40. The van der Waals surface area contributed by atoms with Crippen LogP contribution in [0.15, 0.2) is 53.3 Å². The highest BCUT2D eigenvalue weighted by Gasteiger charge is 2.23. The summed E-state index contributed by atoms with van der Waals surface area (Å²) in [7, 11) is 0. The Labute approximate surface area is 198 Å².